The molecular weight excluding hydrogens is 273 g/mol. The zero-order valence-electron chi connectivity index (χ0n) is 10.0. The Morgan fingerprint density at radius 2 is 2.26 bits per heavy atom. The Balaban J connectivity index is 1.91. The minimum atomic E-state index is -0.479. The first kappa shape index (κ1) is 13.4. The molecule has 0 radical (unpaired) electrons. The van der Waals surface area contributed by atoms with Crippen LogP contribution in [0.15, 0.2) is 28.8 Å². The monoisotopic (exact) mass is 283 g/mol. The molecule has 2 rings (SSSR count). The highest BCUT2D eigenvalue weighted by Crippen LogP contribution is 2.19. The zero-order chi connectivity index (χ0) is 13.8. The maximum absolute atomic E-state index is 13.4. The summed E-state index contributed by atoms with van der Waals surface area (Å²) in [6.45, 7) is 1.62. The first-order valence-corrected chi connectivity index (χ1v) is 5.84. The minimum Gasteiger partial charge on any atom is -0.374 e. The number of aryl methyl sites for hydroxylation is 1. The van der Waals surface area contributed by atoms with Crippen LogP contribution in [0.2, 0.25) is 5.02 Å². The highest BCUT2D eigenvalue weighted by atomic mass is 35.5. The maximum Gasteiger partial charge on any atom is 0.246 e. The lowest BCUT2D eigenvalue weighted by atomic mass is 10.3. The molecule has 0 aliphatic heterocycles. The molecule has 19 heavy (non-hydrogen) atoms. The number of anilines is 2. The van der Waals surface area contributed by atoms with Crippen molar-refractivity contribution in [2.75, 3.05) is 17.2 Å². The van der Waals surface area contributed by atoms with Gasteiger partial charge >= 0.3 is 0 Å². The number of nitrogens with zero attached hydrogens (tertiary/aromatic N) is 1. The lowest BCUT2D eigenvalue weighted by Gasteiger charge is -2.07. The van der Waals surface area contributed by atoms with Gasteiger partial charge in [-0.05, 0) is 25.1 Å². The van der Waals surface area contributed by atoms with Crippen LogP contribution in [-0.4, -0.2) is 17.6 Å². The minimum absolute atomic E-state index is 0.114. The number of rotatable bonds is 4. The Morgan fingerprint density at radius 1 is 1.47 bits per heavy atom. The molecule has 100 valence electrons. The van der Waals surface area contributed by atoms with Crippen molar-refractivity contribution in [1.82, 2.24) is 5.16 Å². The van der Waals surface area contributed by atoms with Crippen molar-refractivity contribution in [3.05, 3.63) is 40.8 Å². The Kier molecular flexibility index (Phi) is 4.01. The molecule has 1 aromatic carbocycles. The number of nitrogens with one attached hydrogen (secondary N) is 2. The molecule has 0 bridgehead atoms. The number of amides is 1. The van der Waals surface area contributed by atoms with Crippen LogP contribution >= 0.6 is 11.6 Å². The van der Waals surface area contributed by atoms with Crippen molar-refractivity contribution >= 4 is 29.1 Å². The summed E-state index contributed by atoms with van der Waals surface area (Å²) in [5.41, 5.74) is 0.820. The highest BCUT2D eigenvalue weighted by Gasteiger charge is 2.08. The van der Waals surface area contributed by atoms with Gasteiger partial charge in [0.05, 0.1) is 17.9 Å². The quantitative estimate of drug-likeness (QED) is 0.905. The second-order valence-electron chi connectivity index (χ2n) is 3.86. The molecule has 0 aliphatic carbocycles. The summed E-state index contributed by atoms with van der Waals surface area (Å²) in [7, 11) is 0. The molecule has 5 nitrogen and oxygen atoms in total. The van der Waals surface area contributed by atoms with Gasteiger partial charge in [0.25, 0.3) is 0 Å². The predicted octanol–water partition coefficient (Wildman–Crippen LogP) is 2.83. The largest absolute Gasteiger partial charge is 0.374 e. The smallest absolute Gasteiger partial charge is 0.246 e. The van der Waals surface area contributed by atoms with Crippen LogP contribution in [0.4, 0.5) is 16.0 Å². The molecule has 1 aromatic heterocycles. The number of carbonyl (C=O) groups excluding carboxylic acids is 1. The summed E-state index contributed by atoms with van der Waals surface area (Å²) in [6.07, 6.45) is 0. The van der Waals surface area contributed by atoms with Crippen LogP contribution in [0.3, 0.4) is 0 Å². The first-order chi connectivity index (χ1) is 9.04. The number of halogens is 2. The van der Waals surface area contributed by atoms with Gasteiger partial charge in [0.1, 0.15) is 5.82 Å². The standard InChI is InChI=1S/C12H11ClFN3O2/c1-7-4-12(19-17-7)16-11(18)6-15-10-5-8(13)2-3-9(10)14/h2-5,15H,6H2,1H3,(H,16,18). The van der Waals surface area contributed by atoms with Crippen molar-refractivity contribution in [2.45, 2.75) is 6.92 Å². The molecule has 0 saturated heterocycles. The molecule has 2 aromatic rings. The molecule has 0 aliphatic rings. The fourth-order valence-electron chi connectivity index (χ4n) is 1.41. The Hall–Kier alpha value is -2.08. The maximum atomic E-state index is 13.4. The van der Waals surface area contributed by atoms with Gasteiger partial charge in [0, 0.05) is 11.1 Å². The summed E-state index contributed by atoms with van der Waals surface area (Å²) in [5.74, 6) is -0.612. The zero-order valence-corrected chi connectivity index (χ0v) is 10.8. The first-order valence-electron chi connectivity index (χ1n) is 5.46. The molecule has 0 saturated carbocycles. The molecule has 1 heterocycles. The molecule has 1 amide bonds. The van der Waals surface area contributed by atoms with E-state index < -0.39 is 5.82 Å². The Bertz CT molecular complexity index is 600. The van der Waals surface area contributed by atoms with Crippen molar-refractivity contribution in [2.24, 2.45) is 0 Å². The fourth-order valence-corrected chi connectivity index (χ4v) is 1.58. The number of benzene rings is 1. The third-order valence-electron chi connectivity index (χ3n) is 2.26. The van der Waals surface area contributed by atoms with Gasteiger partial charge < -0.3 is 9.84 Å². The number of hydrogen-bond donors (Lipinski definition) is 2. The van der Waals surface area contributed by atoms with E-state index in [9.17, 15) is 9.18 Å². The third kappa shape index (κ3) is 3.69. The SMILES string of the molecule is Cc1cc(NC(=O)CNc2cc(Cl)ccc2F)on1. The van der Waals surface area contributed by atoms with E-state index in [-0.39, 0.29) is 24.0 Å². The molecule has 0 spiro atoms. The predicted molar refractivity (Wildman–Crippen MR) is 69.8 cm³/mol. The van der Waals surface area contributed by atoms with Crippen molar-refractivity contribution in [3.8, 4) is 0 Å². The number of aromatic nitrogens is 1. The van der Waals surface area contributed by atoms with E-state index in [0.717, 1.165) is 0 Å². The van der Waals surface area contributed by atoms with Gasteiger partial charge in [-0.25, -0.2) is 4.39 Å². The van der Waals surface area contributed by atoms with E-state index in [1.807, 2.05) is 0 Å². The normalized spacial score (nSPS) is 10.3. The lowest BCUT2D eigenvalue weighted by molar-refractivity contribution is -0.114. The van der Waals surface area contributed by atoms with Crippen LogP contribution in [-0.2, 0) is 4.79 Å². The van der Waals surface area contributed by atoms with Gasteiger partial charge in [0.15, 0.2) is 0 Å². The average Bonchev–Trinajstić information content (AvgIpc) is 2.76. The summed E-state index contributed by atoms with van der Waals surface area (Å²) >= 11 is 5.73. The van der Waals surface area contributed by atoms with Gasteiger partial charge in [-0.2, -0.15) is 0 Å². The van der Waals surface area contributed by atoms with Gasteiger partial charge in [-0.15, -0.1) is 0 Å². The van der Waals surface area contributed by atoms with E-state index in [1.165, 1.54) is 18.2 Å². The van der Waals surface area contributed by atoms with Crippen LogP contribution in [0, 0.1) is 12.7 Å². The molecular formula is C12H11ClFN3O2. The lowest BCUT2D eigenvalue weighted by Crippen LogP contribution is -2.21. The molecule has 2 N–H and O–H groups in total. The van der Waals surface area contributed by atoms with Crippen molar-refractivity contribution in [3.63, 3.8) is 0 Å². The third-order valence-corrected chi connectivity index (χ3v) is 2.49. The summed E-state index contributed by atoms with van der Waals surface area (Å²) in [4.78, 5) is 11.6. The van der Waals surface area contributed by atoms with Gasteiger partial charge in [0.2, 0.25) is 11.8 Å². The Morgan fingerprint density at radius 3 is 2.95 bits per heavy atom. The van der Waals surface area contributed by atoms with E-state index >= 15 is 0 Å². The van der Waals surface area contributed by atoms with E-state index in [2.05, 4.69) is 15.8 Å². The van der Waals surface area contributed by atoms with Crippen LogP contribution < -0.4 is 10.6 Å². The average molecular weight is 284 g/mol. The molecule has 0 fully saturated rings. The fraction of sp³-hybridized carbons (Fsp3) is 0.167. The van der Waals surface area contributed by atoms with Crippen LogP contribution in [0.25, 0.3) is 0 Å². The topological polar surface area (TPSA) is 67.2 Å². The van der Waals surface area contributed by atoms with E-state index in [4.69, 9.17) is 16.1 Å². The van der Waals surface area contributed by atoms with Crippen LogP contribution in [0.5, 0.6) is 0 Å². The van der Waals surface area contributed by atoms with Gasteiger partial charge in [-0.3, -0.25) is 10.1 Å². The summed E-state index contributed by atoms with van der Waals surface area (Å²) in [5, 5.41) is 9.14. The van der Waals surface area contributed by atoms with Crippen molar-refractivity contribution in [1.29, 1.82) is 0 Å². The van der Waals surface area contributed by atoms with Crippen LogP contribution in [0.1, 0.15) is 5.69 Å². The second-order valence-corrected chi connectivity index (χ2v) is 4.29. The highest BCUT2D eigenvalue weighted by molar-refractivity contribution is 6.30. The van der Waals surface area contributed by atoms with Gasteiger partial charge in [-0.1, -0.05) is 16.8 Å². The van der Waals surface area contributed by atoms with E-state index in [0.29, 0.717) is 10.7 Å². The summed E-state index contributed by atoms with van der Waals surface area (Å²) in [6, 6.07) is 5.64. The van der Waals surface area contributed by atoms with Crippen molar-refractivity contribution < 1.29 is 13.7 Å². The Labute approximate surface area is 113 Å². The number of carbonyl (C=O) groups is 1. The molecule has 0 unspecified atom stereocenters. The number of hydrogen-bond acceptors (Lipinski definition) is 4. The van der Waals surface area contributed by atoms with E-state index in [1.54, 1.807) is 13.0 Å². The molecule has 7 heteroatoms. The molecule has 0 atom stereocenters. The summed E-state index contributed by atoms with van der Waals surface area (Å²) < 4.78 is 18.2. The second kappa shape index (κ2) is 5.71.